The molecule has 1 N–H and O–H groups in total. The van der Waals surface area contributed by atoms with Gasteiger partial charge in [0.2, 0.25) is 0 Å². The summed E-state index contributed by atoms with van der Waals surface area (Å²) in [4.78, 5) is 16.3. The quantitative estimate of drug-likeness (QED) is 0.905. The minimum atomic E-state index is -0.916. The van der Waals surface area contributed by atoms with Crippen molar-refractivity contribution in [3.05, 3.63) is 65.5 Å². The molecule has 0 aliphatic carbocycles. The largest absolute Gasteiger partial charge is 0.481 e. The number of nitrogens with zero attached hydrogens (tertiary/aromatic N) is 1. The van der Waals surface area contributed by atoms with Crippen LogP contribution in [0.2, 0.25) is 0 Å². The van der Waals surface area contributed by atoms with E-state index < -0.39 is 11.4 Å². The molecule has 20 heavy (non-hydrogen) atoms. The van der Waals surface area contributed by atoms with Crippen LogP contribution in [0.3, 0.4) is 0 Å². The summed E-state index contributed by atoms with van der Waals surface area (Å²) in [7, 11) is 0. The second-order valence-electron chi connectivity index (χ2n) is 5.05. The zero-order valence-corrected chi connectivity index (χ0v) is 11.8. The molecule has 0 fully saturated rings. The molecule has 104 valence electrons. The van der Waals surface area contributed by atoms with Gasteiger partial charge in [0, 0.05) is 18.3 Å². The Morgan fingerprint density at radius 2 is 1.90 bits per heavy atom. The number of pyridine rings is 1. The van der Waals surface area contributed by atoms with Gasteiger partial charge in [-0.1, -0.05) is 43.3 Å². The van der Waals surface area contributed by atoms with Gasteiger partial charge in [-0.2, -0.15) is 0 Å². The number of hydrogen-bond acceptors (Lipinski definition) is 2. The molecule has 1 aromatic carbocycles. The molecule has 3 heteroatoms. The summed E-state index contributed by atoms with van der Waals surface area (Å²) < 4.78 is 0. The minimum absolute atomic E-state index is 0.412. The van der Waals surface area contributed by atoms with E-state index in [1.807, 2.05) is 56.3 Å². The van der Waals surface area contributed by atoms with Crippen molar-refractivity contribution >= 4 is 5.97 Å². The summed E-state index contributed by atoms with van der Waals surface area (Å²) in [6.45, 7) is 3.88. The smallest absolute Gasteiger partial charge is 0.314 e. The molecule has 1 unspecified atom stereocenters. The van der Waals surface area contributed by atoms with E-state index >= 15 is 0 Å². The summed E-state index contributed by atoms with van der Waals surface area (Å²) in [5.41, 5.74) is 1.79. The first-order valence-electron chi connectivity index (χ1n) is 6.79. The van der Waals surface area contributed by atoms with Crippen molar-refractivity contribution in [1.82, 2.24) is 4.98 Å². The molecular formula is C17H19NO2. The Kier molecular flexibility index (Phi) is 4.18. The Balaban J connectivity index is 2.49. The van der Waals surface area contributed by atoms with E-state index in [2.05, 4.69) is 4.98 Å². The zero-order chi connectivity index (χ0) is 14.6. The summed E-state index contributed by atoms with van der Waals surface area (Å²) in [6, 6.07) is 13.3. The normalized spacial score (nSPS) is 13.7. The molecule has 0 saturated heterocycles. The number of carboxylic acids is 1. The van der Waals surface area contributed by atoms with E-state index in [0.29, 0.717) is 12.8 Å². The van der Waals surface area contributed by atoms with Crippen molar-refractivity contribution < 1.29 is 9.90 Å². The molecule has 0 saturated carbocycles. The van der Waals surface area contributed by atoms with Crippen LogP contribution in [0, 0.1) is 6.92 Å². The molecule has 0 aliphatic heterocycles. The number of aromatic nitrogens is 1. The maximum atomic E-state index is 11.9. The summed E-state index contributed by atoms with van der Waals surface area (Å²) in [6.07, 6.45) is 2.66. The summed E-state index contributed by atoms with van der Waals surface area (Å²) >= 11 is 0. The van der Waals surface area contributed by atoms with Crippen LogP contribution in [0.15, 0.2) is 48.7 Å². The second kappa shape index (κ2) is 5.87. The number of aliphatic carboxylic acids is 1. The lowest BCUT2D eigenvalue weighted by Gasteiger charge is -2.29. The van der Waals surface area contributed by atoms with Crippen molar-refractivity contribution in [3.8, 4) is 0 Å². The van der Waals surface area contributed by atoms with Crippen LogP contribution in [-0.4, -0.2) is 16.1 Å². The fourth-order valence-corrected chi connectivity index (χ4v) is 2.53. The maximum Gasteiger partial charge on any atom is 0.314 e. The molecule has 0 radical (unpaired) electrons. The lowest BCUT2D eigenvalue weighted by molar-refractivity contribution is -0.144. The van der Waals surface area contributed by atoms with Gasteiger partial charge in [0.05, 0.1) is 5.41 Å². The van der Waals surface area contributed by atoms with Gasteiger partial charge >= 0.3 is 5.97 Å². The standard InChI is InChI=1S/C17H19NO2/c1-3-17(16(19)20,14-9-5-4-6-10-14)12-15-13(2)8-7-11-18-15/h4-11H,3,12H2,1-2H3,(H,19,20). The fraction of sp³-hybridized carbons (Fsp3) is 0.294. The Bertz CT molecular complexity index is 595. The van der Waals surface area contributed by atoms with Crippen LogP contribution in [-0.2, 0) is 16.6 Å². The molecular weight excluding hydrogens is 250 g/mol. The number of hydrogen-bond donors (Lipinski definition) is 1. The molecule has 2 aromatic rings. The Labute approximate surface area is 119 Å². The van der Waals surface area contributed by atoms with Crippen molar-refractivity contribution in [2.75, 3.05) is 0 Å². The van der Waals surface area contributed by atoms with Crippen LogP contribution < -0.4 is 0 Å². The average molecular weight is 269 g/mol. The molecule has 0 bridgehead atoms. The number of benzene rings is 1. The van der Waals surface area contributed by atoms with Crippen molar-refractivity contribution in [3.63, 3.8) is 0 Å². The van der Waals surface area contributed by atoms with Gasteiger partial charge in [-0.25, -0.2) is 0 Å². The van der Waals surface area contributed by atoms with Gasteiger partial charge in [-0.05, 0) is 30.5 Å². The highest BCUT2D eigenvalue weighted by Gasteiger charge is 2.39. The number of carbonyl (C=O) groups is 1. The average Bonchev–Trinajstić information content (AvgIpc) is 2.47. The van der Waals surface area contributed by atoms with Gasteiger partial charge in [-0.3, -0.25) is 9.78 Å². The molecule has 0 amide bonds. The second-order valence-corrected chi connectivity index (χ2v) is 5.05. The van der Waals surface area contributed by atoms with E-state index in [1.54, 1.807) is 6.20 Å². The van der Waals surface area contributed by atoms with E-state index in [1.165, 1.54) is 0 Å². The first-order chi connectivity index (χ1) is 9.60. The van der Waals surface area contributed by atoms with Crippen molar-refractivity contribution in [1.29, 1.82) is 0 Å². The maximum absolute atomic E-state index is 11.9. The Morgan fingerprint density at radius 3 is 2.45 bits per heavy atom. The lowest BCUT2D eigenvalue weighted by Crippen LogP contribution is -2.38. The van der Waals surface area contributed by atoms with Gasteiger partial charge in [0.1, 0.15) is 0 Å². The number of rotatable bonds is 5. The van der Waals surface area contributed by atoms with Gasteiger partial charge in [0.25, 0.3) is 0 Å². The molecule has 0 aliphatic rings. The first-order valence-corrected chi connectivity index (χ1v) is 6.79. The van der Waals surface area contributed by atoms with Crippen LogP contribution in [0.5, 0.6) is 0 Å². The number of carboxylic acid groups (broad SMARTS) is 1. The van der Waals surface area contributed by atoms with Gasteiger partial charge in [0.15, 0.2) is 0 Å². The topological polar surface area (TPSA) is 50.2 Å². The third kappa shape index (κ3) is 2.57. The highest BCUT2D eigenvalue weighted by Crippen LogP contribution is 2.32. The van der Waals surface area contributed by atoms with E-state index in [0.717, 1.165) is 16.8 Å². The number of aryl methyl sites for hydroxylation is 1. The third-order valence-corrected chi connectivity index (χ3v) is 3.93. The van der Waals surface area contributed by atoms with Crippen LogP contribution in [0.4, 0.5) is 0 Å². The van der Waals surface area contributed by atoms with E-state index in [9.17, 15) is 9.90 Å². The predicted octanol–water partition coefficient (Wildman–Crippen LogP) is 3.37. The SMILES string of the molecule is CCC(Cc1ncccc1C)(C(=O)O)c1ccccc1. The Hall–Kier alpha value is -2.16. The fourth-order valence-electron chi connectivity index (χ4n) is 2.53. The molecule has 2 rings (SSSR count). The lowest BCUT2D eigenvalue weighted by atomic mass is 9.74. The molecule has 3 nitrogen and oxygen atoms in total. The predicted molar refractivity (Wildman–Crippen MR) is 78.7 cm³/mol. The highest BCUT2D eigenvalue weighted by atomic mass is 16.4. The first kappa shape index (κ1) is 14.3. The third-order valence-electron chi connectivity index (χ3n) is 3.93. The van der Waals surface area contributed by atoms with Crippen LogP contribution in [0.25, 0.3) is 0 Å². The van der Waals surface area contributed by atoms with Crippen molar-refractivity contribution in [2.24, 2.45) is 0 Å². The van der Waals surface area contributed by atoms with Gasteiger partial charge in [-0.15, -0.1) is 0 Å². The molecule has 0 spiro atoms. The van der Waals surface area contributed by atoms with E-state index in [-0.39, 0.29) is 0 Å². The zero-order valence-electron chi connectivity index (χ0n) is 11.8. The molecule has 1 heterocycles. The minimum Gasteiger partial charge on any atom is -0.481 e. The van der Waals surface area contributed by atoms with Crippen molar-refractivity contribution in [2.45, 2.75) is 32.1 Å². The summed E-state index contributed by atoms with van der Waals surface area (Å²) in [5, 5.41) is 9.80. The molecule has 1 aromatic heterocycles. The van der Waals surface area contributed by atoms with Crippen LogP contribution >= 0.6 is 0 Å². The Morgan fingerprint density at radius 1 is 1.20 bits per heavy atom. The monoisotopic (exact) mass is 269 g/mol. The van der Waals surface area contributed by atoms with Crippen LogP contribution in [0.1, 0.15) is 30.2 Å². The van der Waals surface area contributed by atoms with Gasteiger partial charge < -0.3 is 5.11 Å². The highest BCUT2D eigenvalue weighted by molar-refractivity contribution is 5.81. The van der Waals surface area contributed by atoms with E-state index in [4.69, 9.17) is 0 Å². The molecule has 1 atom stereocenters. The summed E-state index contributed by atoms with van der Waals surface area (Å²) in [5.74, 6) is -0.795.